The van der Waals surface area contributed by atoms with Crippen LogP contribution >= 0.6 is 0 Å². The first-order valence-electron chi connectivity index (χ1n) is 5.59. The van der Waals surface area contributed by atoms with Crippen molar-refractivity contribution in [2.24, 2.45) is 0 Å². The maximum atomic E-state index is 9.32. The average Bonchev–Trinajstić information content (AvgIpc) is 2.17. The van der Waals surface area contributed by atoms with Crippen LogP contribution in [0.1, 0.15) is 33.1 Å². The Morgan fingerprint density at radius 2 is 1.93 bits per heavy atom. The van der Waals surface area contributed by atoms with Crippen molar-refractivity contribution in [2.45, 2.75) is 51.3 Å². The molecule has 1 rings (SSSR count). The zero-order valence-electron chi connectivity index (χ0n) is 9.57. The van der Waals surface area contributed by atoms with E-state index in [2.05, 4.69) is 18.9 Å². The summed E-state index contributed by atoms with van der Waals surface area (Å²) in [6, 6.07) is 1.09. The van der Waals surface area contributed by atoms with Gasteiger partial charge in [0, 0.05) is 25.3 Å². The number of ether oxygens (including phenoxy) is 1. The molecular weight excluding hydrogens is 178 g/mol. The zero-order valence-corrected chi connectivity index (χ0v) is 9.57. The third-order valence-electron chi connectivity index (χ3n) is 3.14. The number of hydrogen-bond acceptors (Lipinski definition) is 3. The molecule has 84 valence electrons. The van der Waals surface area contributed by atoms with E-state index < -0.39 is 0 Å². The number of aliphatic hydroxyl groups is 1. The van der Waals surface area contributed by atoms with E-state index in [0.717, 1.165) is 32.5 Å². The van der Waals surface area contributed by atoms with Crippen LogP contribution in [-0.2, 0) is 4.74 Å². The van der Waals surface area contributed by atoms with Crippen LogP contribution in [0.5, 0.6) is 0 Å². The molecule has 0 aliphatic carbocycles. The Morgan fingerprint density at radius 1 is 1.36 bits per heavy atom. The van der Waals surface area contributed by atoms with Crippen molar-refractivity contribution in [3.63, 3.8) is 0 Å². The number of aliphatic hydroxyl groups excluding tert-OH is 1. The minimum absolute atomic E-state index is 0.202. The standard InChI is InChI=1S/C11H23NO2/c1-9(8-10(2)13)12(3)11-4-6-14-7-5-11/h9-11,13H,4-8H2,1-3H3. The molecule has 1 fully saturated rings. The second-order valence-corrected chi connectivity index (χ2v) is 4.44. The summed E-state index contributed by atoms with van der Waals surface area (Å²) in [5.74, 6) is 0. The highest BCUT2D eigenvalue weighted by Crippen LogP contribution is 2.17. The van der Waals surface area contributed by atoms with E-state index in [0.29, 0.717) is 12.1 Å². The summed E-state index contributed by atoms with van der Waals surface area (Å²) in [4.78, 5) is 2.38. The minimum Gasteiger partial charge on any atom is -0.393 e. The van der Waals surface area contributed by atoms with E-state index in [1.165, 1.54) is 0 Å². The molecule has 2 atom stereocenters. The van der Waals surface area contributed by atoms with Crippen molar-refractivity contribution < 1.29 is 9.84 Å². The fourth-order valence-corrected chi connectivity index (χ4v) is 2.11. The molecular formula is C11H23NO2. The Labute approximate surface area is 87.1 Å². The largest absolute Gasteiger partial charge is 0.393 e. The maximum Gasteiger partial charge on any atom is 0.0526 e. The molecule has 1 aliphatic heterocycles. The zero-order chi connectivity index (χ0) is 10.6. The Balaban J connectivity index is 2.33. The molecule has 0 radical (unpaired) electrons. The second-order valence-electron chi connectivity index (χ2n) is 4.44. The van der Waals surface area contributed by atoms with E-state index in [1.54, 1.807) is 0 Å². The van der Waals surface area contributed by atoms with Gasteiger partial charge in [-0.25, -0.2) is 0 Å². The van der Waals surface area contributed by atoms with Gasteiger partial charge in [-0.1, -0.05) is 0 Å². The molecule has 1 heterocycles. The first kappa shape index (κ1) is 12.0. The minimum atomic E-state index is -0.202. The summed E-state index contributed by atoms with van der Waals surface area (Å²) in [6.07, 6.45) is 2.90. The fraction of sp³-hybridized carbons (Fsp3) is 1.00. The van der Waals surface area contributed by atoms with E-state index >= 15 is 0 Å². The molecule has 0 aromatic heterocycles. The quantitative estimate of drug-likeness (QED) is 0.743. The summed E-state index contributed by atoms with van der Waals surface area (Å²) in [7, 11) is 2.16. The van der Waals surface area contributed by atoms with Gasteiger partial charge in [-0.2, -0.15) is 0 Å². The average molecular weight is 201 g/mol. The van der Waals surface area contributed by atoms with Crippen LogP contribution in [-0.4, -0.2) is 48.5 Å². The maximum absolute atomic E-state index is 9.32. The van der Waals surface area contributed by atoms with Crippen LogP contribution in [0, 0.1) is 0 Å². The van der Waals surface area contributed by atoms with Crippen LogP contribution in [0.3, 0.4) is 0 Å². The Bertz CT molecular complexity index is 155. The van der Waals surface area contributed by atoms with Gasteiger partial charge in [-0.15, -0.1) is 0 Å². The van der Waals surface area contributed by atoms with Crippen molar-refractivity contribution in [2.75, 3.05) is 20.3 Å². The molecule has 0 bridgehead atoms. The van der Waals surface area contributed by atoms with E-state index in [4.69, 9.17) is 4.74 Å². The number of hydrogen-bond donors (Lipinski definition) is 1. The van der Waals surface area contributed by atoms with Gasteiger partial charge in [0.1, 0.15) is 0 Å². The van der Waals surface area contributed by atoms with Gasteiger partial charge in [-0.05, 0) is 40.2 Å². The molecule has 1 saturated heterocycles. The van der Waals surface area contributed by atoms with Crippen LogP contribution < -0.4 is 0 Å². The van der Waals surface area contributed by atoms with Gasteiger partial charge in [0.25, 0.3) is 0 Å². The molecule has 0 spiro atoms. The predicted molar refractivity (Wildman–Crippen MR) is 57.4 cm³/mol. The monoisotopic (exact) mass is 201 g/mol. The molecule has 0 saturated carbocycles. The smallest absolute Gasteiger partial charge is 0.0526 e. The van der Waals surface area contributed by atoms with Crippen molar-refractivity contribution >= 4 is 0 Å². The first-order chi connectivity index (χ1) is 6.61. The van der Waals surface area contributed by atoms with E-state index in [1.807, 2.05) is 6.92 Å². The summed E-state index contributed by atoms with van der Waals surface area (Å²) < 4.78 is 5.33. The Kier molecular flexibility index (Phi) is 4.85. The van der Waals surface area contributed by atoms with E-state index in [-0.39, 0.29) is 6.10 Å². The van der Waals surface area contributed by atoms with Gasteiger partial charge < -0.3 is 14.7 Å². The summed E-state index contributed by atoms with van der Waals surface area (Å²) >= 11 is 0. The van der Waals surface area contributed by atoms with E-state index in [9.17, 15) is 5.11 Å². The van der Waals surface area contributed by atoms with Crippen molar-refractivity contribution in [1.82, 2.24) is 4.90 Å². The molecule has 0 aromatic rings. The third kappa shape index (κ3) is 3.56. The number of rotatable bonds is 4. The van der Waals surface area contributed by atoms with Crippen LogP contribution in [0.15, 0.2) is 0 Å². The van der Waals surface area contributed by atoms with Crippen molar-refractivity contribution in [3.05, 3.63) is 0 Å². The highest BCUT2D eigenvalue weighted by atomic mass is 16.5. The van der Waals surface area contributed by atoms with Gasteiger partial charge in [0.15, 0.2) is 0 Å². The lowest BCUT2D eigenvalue weighted by molar-refractivity contribution is 0.0226. The molecule has 3 nitrogen and oxygen atoms in total. The molecule has 2 unspecified atom stereocenters. The van der Waals surface area contributed by atoms with Crippen LogP contribution in [0.25, 0.3) is 0 Å². The molecule has 3 heteroatoms. The predicted octanol–water partition coefficient (Wildman–Crippen LogP) is 1.26. The van der Waals surface area contributed by atoms with Gasteiger partial charge in [0.05, 0.1) is 6.10 Å². The topological polar surface area (TPSA) is 32.7 Å². The normalized spacial score (nSPS) is 23.8. The molecule has 1 N–H and O–H groups in total. The summed E-state index contributed by atoms with van der Waals surface area (Å²) in [5, 5.41) is 9.32. The first-order valence-corrected chi connectivity index (χ1v) is 5.59. The fourth-order valence-electron chi connectivity index (χ4n) is 2.11. The van der Waals surface area contributed by atoms with Crippen molar-refractivity contribution in [1.29, 1.82) is 0 Å². The lowest BCUT2D eigenvalue weighted by atomic mass is 10.0. The van der Waals surface area contributed by atoms with Crippen LogP contribution in [0.4, 0.5) is 0 Å². The van der Waals surface area contributed by atoms with Gasteiger partial charge >= 0.3 is 0 Å². The number of nitrogens with zero attached hydrogens (tertiary/aromatic N) is 1. The van der Waals surface area contributed by atoms with Gasteiger partial charge in [0.2, 0.25) is 0 Å². The van der Waals surface area contributed by atoms with Crippen molar-refractivity contribution in [3.8, 4) is 0 Å². The van der Waals surface area contributed by atoms with Gasteiger partial charge in [-0.3, -0.25) is 0 Å². The summed E-state index contributed by atoms with van der Waals surface area (Å²) in [6.45, 7) is 5.81. The SMILES string of the molecule is CC(O)CC(C)N(C)C1CCOCC1. The molecule has 0 aromatic carbocycles. The highest BCUT2D eigenvalue weighted by Gasteiger charge is 2.22. The van der Waals surface area contributed by atoms with Crippen LogP contribution in [0.2, 0.25) is 0 Å². The lowest BCUT2D eigenvalue weighted by Gasteiger charge is -2.36. The molecule has 1 aliphatic rings. The molecule has 14 heavy (non-hydrogen) atoms. The summed E-state index contributed by atoms with van der Waals surface area (Å²) in [5.41, 5.74) is 0. The lowest BCUT2D eigenvalue weighted by Crippen LogP contribution is -2.42. The molecule has 0 amide bonds. The third-order valence-corrected chi connectivity index (χ3v) is 3.14. The Morgan fingerprint density at radius 3 is 2.43 bits per heavy atom. The Hall–Kier alpha value is -0.120. The highest BCUT2D eigenvalue weighted by molar-refractivity contribution is 4.77. The second kappa shape index (κ2) is 5.69.